The van der Waals surface area contributed by atoms with Crippen LogP contribution in [0, 0.1) is 0 Å². The summed E-state index contributed by atoms with van der Waals surface area (Å²) >= 11 is 0. The summed E-state index contributed by atoms with van der Waals surface area (Å²) in [5.41, 5.74) is 0.0500. The van der Waals surface area contributed by atoms with Gasteiger partial charge in [-0.1, -0.05) is 0 Å². The molecule has 0 aromatic heterocycles. The highest BCUT2D eigenvalue weighted by Crippen LogP contribution is 2.38. The Bertz CT molecular complexity index is 230. The lowest BCUT2D eigenvalue weighted by atomic mass is 9.82. The predicted octanol–water partition coefficient (Wildman–Crippen LogP) is 2.55. The molecule has 1 rings (SSSR count). The Morgan fingerprint density at radius 1 is 1.20 bits per heavy atom. The maximum absolute atomic E-state index is 11.0. The van der Waals surface area contributed by atoms with E-state index < -0.39 is 0 Å². The number of hydrogen-bond acceptors (Lipinski definition) is 3. The molecule has 0 aromatic carbocycles. The molecule has 0 amide bonds. The van der Waals surface area contributed by atoms with E-state index in [4.69, 9.17) is 4.84 Å². The average molecular weight is 213 g/mol. The minimum absolute atomic E-state index is 0.0250. The third-order valence-electron chi connectivity index (χ3n) is 3.07. The molecule has 15 heavy (non-hydrogen) atoms. The highest BCUT2D eigenvalue weighted by atomic mass is 16.7. The number of piperidine rings is 1. The molecule has 1 saturated heterocycles. The fourth-order valence-electron chi connectivity index (χ4n) is 2.48. The lowest BCUT2D eigenvalue weighted by Crippen LogP contribution is -2.58. The number of Topliss-reactive ketones (excluding diaryl/α,β-unsaturated/α-hetero) is 1. The van der Waals surface area contributed by atoms with Crippen molar-refractivity contribution in [3.63, 3.8) is 0 Å². The standard InChI is InChI=1S/C12H23NO2/c1-10(14)9-15-13-11(2,3)7-6-8-12(13,4)5/h6-9H2,1-5H3. The SMILES string of the molecule is CC(=O)CON1C(C)(C)CCCC1(C)C. The number of carbonyl (C=O) groups excluding carboxylic acids is 1. The van der Waals surface area contributed by atoms with Crippen molar-refractivity contribution < 1.29 is 9.63 Å². The van der Waals surface area contributed by atoms with Crippen LogP contribution in [0.15, 0.2) is 0 Å². The van der Waals surface area contributed by atoms with Crippen molar-refractivity contribution in [2.45, 2.75) is 65.0 Å². The van der Waals surface area contributed by atoms with Crippen LogP contribution in [0.25, 0.3) is 0 Å². The molecule has 0 aliphatic carbocycles. The minimum atomic E-state index is 0.0250. The van der Waals surface area contributed by atoms with Gasteiger partial charge in [-0.3, -0.25) is 9.63 Å². The summed E-state index contributed by atoms with van der Waals surface area (Å²) in [6, 6.07) is 0. The number of nitrogens with zero attached hydrogens (tertiary/aromatic N) is 1. The molecule has 0 aromatic rings. The van der Waals surface area contributed by atoms with Gasteiger partial charge in [-0.05, 0) is 53.9 Å². The van der Waals surface area contributed by atoms with Crippen LogP contribution in [0.1, 0.15) is 53.9 Å². The van der Waals surface area contributed by atoms with Gasteiger partial charge in [0.2, 0.25) is 0 Å². The molecule has 0 atom stereocenters. The van der Waals surface area contributed by atoms with E-state index in [0.29, 0.717) is 0 Å². The van der Waals surface area contributed by atoms with E-state index in [2.05, 4.69) is 27.7 Å². The number of rotatable bonds is 3. The molecule has 0 spiro atoms. The summed E-state index contributed by atoms with van der Waals surface area (Å²) in [6.45, 7) is 10.4. The third kappa shape index (κ3) is 3.02. The van der Waals surface area contributed by atoms with E-state index in [1.165, 1.54) is 6.42 Å². The van der Waals surface area contributed by atoms with Crippen LogP contribution in [0.5, 0.6) is 0 Å². The Morgan fingerprint density at radius 2 is 1.67 bits per heavy atom. The molecule has 1 aliphatic rings. The second-order valence-electron chi connectivity index (χ2n) is 5.75. The van der Waals surface area contributed by atoms with Crippen LogP contribution in [0.2, 0.25) is 0 Å². The molecule has 3 nitrogen and oxygen atoms in total. The zero-order valence-electron chi connectivity index (χ0n) is 10.6. The molecule has 1 heterocycles. The average Bonchev–Trinajstić information content (AvgIpc) is 1.99. The Kier molecular flexibility index (Phi) is 3.56. The lowest BCUT2D eigenvalue weighted by molar-refractivity contribution is -0.276. The smallest absolute Gasteiger partial charge is 0.157 e. The molecule has 3 heteroatoms. The van der Waals surface area contributed by atoms with Crippen LogP contribution in [0.4, 0.5) is 0 Å². The van der Waals surface area contributed by atoms with E-state index in [0.717, 1.165) is 12.8 Å². The molecule has 1 fully saturated rings. The third-order valence-corrected chi connectivity index (χ3v) is 3.07. The maximum Gasteiger partial charge on any atom is 0.157 e. The highest BCUT2D eigenvalue weighted by molar-refractivity contribution is 5.76. The molecule has 0 saturated carbocycles. The number of hydroxylamine groups is 2. The monoisotopic (exact) mass is 213 g/mol. The molecule has 0 unspecified atom stereocenters. The first-order valence-electron chi connectivity index (χ1n) is 5.68. The van der Waals surface area contributed by atoms with Gasteiger partial charge in [0.15, 0.2) is 5.78 Å². The van der Waals surface area contributed by atoms with Crippen LogP contribution >= 0.6 is 0 Å². The second-order valence-corrected chi connectivity index (χ2v) is 5.75. The highest BCUT2D eigenvalue weighted by Gasteiger charge is 2.42. The zero-order chi connectivity index (χ0) is 11.7. The van der Waals surface area contributed by atoms with Gasteiger partial charge >= 0.3 is 0 Å². The summed E-state index contributed by atoms with van der Waals surface area (Å²) in [4.78, 5) is 16.6. The maximum atomic E-state index is 11.0. The van der Waals surface area contributed by atoms with E-state index in [1.54, 1.807) is 6.92 Å². The number of carbonyl (C=O) groups is 1. The van der Waals surface area contributed by atoms with Crippen LogP contribution in [-0.2, 0) is 9.63 Å². The van der Waals surface area contributed by atoms with Gasteiger partial charge in [-0.25, -0.2) is 0 Å². The Morgan fingerprint density at radius 3 is 2.07 bits per heavy atom. The molecule has 0 radical (unpaired) electrons. The van der Waals surface area contributed by atoms with Crippen LogP contribution < -0.4 is 0 Å². The number of hydrogen-bond donors (Lipinski definition) is 0. The summed E-state index contributed by atoms with van der Waals surface area (Å²) in [5.74, 6) is 0.0761. The fraction of sp³-hybridized carbons (Fsp3) is 0.917. The van der Waals surface area contributed by atoms with Crippen molar-refractivity contribution in [2.75, 3.05) is 6.61 Å². The first-order chi connectivity index (χ1) is 6.76. The molecule has 88 valence electrons. The van der Waals surface area contributed by atoms with Crippen LogP contribution in [0.3, 0.4) is 0 Å². The van der Waals surface area contributed by atoms with Crippen molar-refractivity contribution in [3.8, 4) is 0 Å². The van der Waals surface area contributed by atoms with Crippen molar-refractivity contribution in [2.24, 2.45) is 0 Å². The lowest BCUT2D eigenvalue weighted by Gasteiger charge is -2.51. The summed E-state index contributed by atoms with van der Waals surface area (Å²) in [6.07, 6.45) is 3.46. The number of ketones is 1. The first-order valence-corrected chi connectivity index (χ1v) is 5.68. The minimum Gasteiger partial charge on any atom is -0.297 e. The molecule has 0 N–H and O–H groups in total. The largest absolute Gasteiger partial charge is 0.297 e. The Hall–Kier alpha value is -0.410. The molecule has 0 bridgehead atoms. The molecular weight excluding hydrogens is 190 g/mol. The predicted molar refractivity (Wildman–Crippen MR) is 60.5 cm³/mol. The van der Waals surface area contributed by atoms with E-state index in [9.17, 15) is 4.79 Å². The quantitative estimate of drug-likeness (QED) is 0.721. The molecular formula is C12H23NO2. The topological polar surface area (TPSA) is 29.5 Å². The first kappa shape index (κ1) is 12.7. The summed E-state index contributed by atoms with van der Waals surface area (Å²) < 4.78 is 0. The second kappa shape index (κ2) is 4.22. The summed E-state index contributed by atoms with van der Waals surface area (Å²) in [7, 11) is 0. The van der Waals surface area contributed by atoms with Gasteiger partial charge in [-0.15, -0.1) is 0 Å². The van der Waals surface area contributed by atoms with Gasteiger partial charge in [-0.2, -0.15) is 5.06 Å². The summed E-state index contributed by atoms with van der Waals surface area (Å²) in [5, 5.41) is 2.02. The molecule has 1 aliphatic heterocycles. The van der Waals surface area contributed by atoms with E-state index in [1.807, 2.05) is 5.06 Å². The van der Waals surface area contributed by atoms with Gasteiger partial charge in [0.05, 0.1) is 0 Å². The van der Waals surface area contributed by atoms with Crippen molar-refractivity contribution in [3.05, 3.63) is 0 Å². The van der Waals surface area contributed by atoms with Crippen molar-refractivity contribution in [1.29, 1.82) is 0 Å². The van der Waals surface area contributed by atoms with Gasteiger partial charge in [0, 0.05) is 11.1 Å². The van der Waals surface area contributed by atoms with Gasteiger partial charge in [0.1, 0.15) is 6.61 Å². The van der Waals surface area contributed by atoms with Crippen molar-refractivity contribution >= 4 is 5.78 Å². The van der Waals surface area contributed by atoms with E-state index in [-0.39, 0.29) is 23.5 Å². The van der Waals surface area contributed by atoms with Gasteiger partial charge < -0.3 is 0 Å². The van der Waals surface area contributed by atoms with Crippen LogP contribution in [-0.4, -0.2) is 28.5 Å². The van der Waals surface area contributed by atoms with E-state index >= 15 is 0 Å². The van der Waals surface area contributed by atoms with Gasteiger partial charge in [0.25, 0.3) is 0 Å². The Balaban J connectivity index is 2.72. The normalized spacial score (nSPS) is 25.1. The fourth-order valence-corrected chi connectivity index (χ4v) is 2.48. The Labute approximate surface area is 92.7 Å². The zero-order valence-corrected chi connectivity index (χ0v) is 10.6. The van der Waals surface area contributed by atoms with Crippen molar-refractivity contribution in [1.82, 2.24) is 5.06 Å².